The summed E-state index contributed by atoms with van der Waals surface area (Å²) in [5, 5.41) is 9.58. The molecule has 3 rings (SSSR count). The zero-order valence-corrected chi connectivity index (χ0v) is 19.9. The van der Waals surface area contributed by atoms with Gasteiger partial charge in [-0.3, -0.25) is 4.79 Å². The molecule has 2 aromatic rings. The van der Waals surface area contributed by atoms with Crippen LogP contribution in [0.5, 0.6) is 0 Å². The van der Waals surface area contributed by atoms with Crippen molar-refractivity contribution in [3.63, 3.8) is 0 Å². The first-order valence-electron chi connectivity index (χ1n) is 10.2. The number of aryl methyl sites for hydroxylation is 1. The number of rotatable bonds is 7. The summed E-state index contributed by atoms with van der Waals surface area (Å²) in [6.07, 6.45) is 1.40. The molecule has 2 aromatic carbocycles. The Morgan fingerprint density at radius 3 is 2.67 bits per heavy atom. The van der Waals surface area contributed by atoms with Crippen molar-refractivity contribution < 1.29 is 9.53 Å². The van der Waals surface area contributed by atoms with E-state index < -0.39 is 0 Å². The molecule has 1 heterocycles. The van der Waals surface area contributed by atoms with E-state index in [-0.39, 0.29) is 36.0 Å². The van der Waals surface area contributed by atoms with Crippen LogP contribution in [0.1, 0.15) is 36.5 Å². The Labute approximate surface area is 195 Å². The second kappa shape index (κ2) is 12.5. The predicted octanol–water partition coefficient (Wildman–Crippen LogP) is 3.99. The molecule has 162 valence electrons. The molecule has 1 amide bonds. The summed E-state index contributed by atoms with van der Waals surface area (Å²) in [5.74, 6) is 0.698. The molecule has 0 bridgehead atoms. The first-order valence-corrected chi connectivity index (χ1v) is 10.2. The summed E-state index contributed by atoms with van der Waals surface area (Å²) in [6.45, 7) is 6.82. The zero-order valence-electron chi connectivity index (χ0n) is 17.6. The van der Waals surface area contributed by atoms with E-state index in [2.05, 4.69) is 52.1 Å². The lowest BCUT2D eigenvalue weighted by molar-refractivity contribution is -0.124. The number of hydrogen-bond donors (Lipinski definition) is 3. The van der Waals surface area contributed by atoms with E-state index in [0.29, 0.717) is 19.7 Å². The highest BCUT2D eigenvalue weighted by Gasteiger charge is 2.23. The molecule has 0 spiro atoms. The Bertz CT molecular complexity index is 851. The Kier molecular flexibility index (Phi) is 10.1. The molecule has 3 N–H and O–H groups in total. The molecule has 1 atom stereocenters. The minimum Gasteiger partial charge on any atom is -0.368 e. The molecular formula is C23H31IN4O2. The summed E-state index contributed by atoms with van der Waals surface area (Å²) in [5.41, 5.74) is 4.27. The summed E-state index contributed by atoms with van der Waals surface area (Å²) >= 11 is 0. The Hall–Kier alpha value is -2.13. The van der Waals surface area contributed by atoms with Gasteiger partial charge in [0.15, 0.2) is 5.96 Å². The molecule has 1 aliphatic rings. The molecular weight excluding hydrogens is 491 g/mol. The third-order valence-electron chi connectivity index (χ3n) is 4.72. The van der Waals surface area contributed by atoms with Crippen molar-refractivity contribution in [1.29, 1.82) is 0 Å². The summed E-state index contributed by atoms with van der Waals surface area (Å²) in [7, 11) is 0. The first kappa shape index (κ1) is 24.1. The molecule has 1 saturated heterocycles. The lowest BCUT2D eigenvalue weighted by Gasteiger charge is -2.13. The molecule has 30 heavy (non-hydrogen) atoms. The number of halogens is 1. The summed E-state index contributed by atoms with van der Waals surface area (Å²) in [4.78, 5) is 16.9. The van der Waals surface area contributed by atoms with E-state index in [9.17, 15) is 4.79 Å². The van der Waals surface area contributed by atoms with Gasteiger partial charge in [-0.15, -0.1) is 24.0 Å². The third-order valence-corrected chi connectivity index (χ3v) is 4.72. The quantitative estimate of drug-likeness (QED) is 0.292. The normalized spacial score (nSPS) is 15.9. The second-order valence-corrected chi connectivity index (χ2v) is 7.23. The number of benzene rings is 2. The molecule has 1 fully saturated rings. The maximum atomic E-state index is 12.2. The number of hydrogen-bond acceptors (Lipinski definition) is 3. The Balaban J connectivity index is 0.00000320. The molecule has 7 heteroatoms. The van der Waals surface area contributed by atoms with Crippen molar-refractivity contribution in [3.05, 3.63) is 65.2 Å². The van der Waals surface area contributed by atoms with Crippen LogP contribution in [0.15, 0.2) is 53.5 Å². The van der Waals surface area contributed by atoms with Crippen LogP contribution in [0, 0.1) is 6.92 Å². The maximum Gasteiger partial charge on any atom is 0.253 e. The van der Waals surface area contributed by atoms with Crippen LogP contribution >= 0.6 is 24.0 Å². The Morgan fingerprint density at radius 1 is 1.13 bits per heavy atom. The van der Waals surface area contributed by atoms with Gasteiger partial charge < -0.3 is 20.7 Å². The SMILES string of the molecule is CCNC(=NCc1cccc(C)c1)NCc1cccc(NC(=O)C2CCCO2)c1.I. The van der Waals surface area contributed by atoms with Crippen molar-refractivity contribution >= 4 is 41.5 Å². The van der Waals surface area contributed by atoms with Gasteiger partial charge in [0.1, 0.15) is 6.10 Å². The molecule has 0 radical (unpaired) electrons. The highest BCUT2D eigenvalue weighted by molar-refractivity contribution is 14.0. The number of ether oxygens (including phenoxy) is 1. The van der Waals surface area contributed by atoms with Crippen molar-refractivity contribution in [1.82, 2.24) is 10.6 Å². The third kappa shape index (κ3) is 7.60. The highest BCUT2D eigenvalue weighted by Crippen LogP contribution is 2.16. The first-order chi connectivity index (χ1) is 14.1. The Morgan fingerprint density at radius 2 is 1.93 bits per heavy atom. The lowest BCUT2D eigenvalue weighted by atomic mass is 10.1. The van der Waals surface area contributed by atoms with Crippen LogP contribution in [0.2, 0.25) is 0 Å². The van der Waals surface area contributed by atoms with Crippen LogP contribution in [0.25, 0.3) is 0 Å². The van der Waals surface area contributed by atoms with Crippen LogP contribution in [-0.2, 0) is 22.6 Å². The average Bonchev–Trinajstić information content (AvgIpc) is 3.25. The second-order valence-electron chi connectivity index (χ2n) is 7.23. The van der Waals surface area contributed by atoms with E-state index in [4.69, 9.17) is 4.74 Å². The number of carbonyl (C=O) groups excluding carboxylic acids is 1. The lowest BCUT2D eigenvalue weighted by Crippen LogP contribution is -2.36. The molecule has 6 nitrogen and oxygen atoms in total. The number of nitrogens with one attached hydrogen (secondary N) is 3. The number of nitrogens with zero attached hydrogens (tertiary/aromatic N) is 1. The minimum atomic E-state index is -0.328. The fourth-order valence-corrected chi connectivity index (χ4v) is 3.27. The standard InChI is InChI=1S/C23H30N4O2.HI/c1-3-24-23(25-15-18-8-4-7-17(2)13-18)26-16-19-9-5-10-20(14-19)27-22(28)21-11-6-12-29-21;/h4-5,7-10,13-14,21H,3,6,11-12,15-16H2,1-2H3,(H,27,28)(H2,24,25,26);1H. The van der Waals surface area contributed by atoms with Crippen molar-refractivity contribution in [3.8, 4) is 0 Å². The number of aliphatic imine (C=N–C) groups is 1. The predicted molar refractivity (Wildman–Crippen MR) is 132 cm³/mol. The highest BCUT2D eigenvalue weighted by atomic mass is 127. The van der Waals surface area contributed by atoms with Gasteiger partial charge in [0.2, 0.25) is 0 Å². The van der Waals surface area contributed by atoms with Gasteiger partial charge in [0.25, 0.3) is 5.91 Å². The fraction of sp³-hybridized carbons (Fsp3) is 0.391. The van der Waals surface area contributed by atoms with E-state index in [1.54, 1.807) is 0 Å². The summed E-state index contributed by atoms with van der Waals surface area (Å²) < 4.78 is 5.45. The smallest absolute Gasteiger partial charge is 0.253 e. The van der Waals surface area contributed by atoms with Gasteiger partial charge >= 0.3 is 0 Å². The largest absolute Gasteiger partial charge is 0.368 e. The monoisotopic (exact) mass is 522 g/mol. The van der Waals surface area contributed by atoms with Gasteiger partial charge in [-0.1, -0.05) is 42.0 Å². The van der Waals surface area contributed by atoms with Crippen molar-refractivity contribution in [2.75, 3.05) is 18.5 Å². The van der Waals surface area contributed by atoms with E-state index >= 15 is 0 Å². The zero-order chi connectivity index (χ0) is 20.5. The van der Waals surface area contributed by atoms with Crippen LogP contribution in [-0.4, -0.2) is 31.1 Å². The number of amides is 1. The van der Waals surface area contributed by atoms with Gasteiger partial charge in [0, 0.05) is 25.4 Å². The van der Waals surface area contributed by atoms with Gasteiger partial charge in [0.05, 0.1) is 6.54 Å². The van der Waals surface area contributed by atoms with Crippen LogP contribution < -0.4 is 16.0 Å². The van der Waals surface area contributed by atoms with Crippen LogP contribution in [0.4, 0.5) is 5.69 Å². The van der Waals surface area contributed by atoms with Gasteiger partial charge in [-0.25, -0.2) is 4.99 Å². The minimum absolute atomic E-state index is 0. The molecule has 1 aliphatic heterocycles. The van der Waals surface area contributed by atoms with Gasteiger partial charge in [-0.05, 0) is 49.9 Å². The number of anilines is 1. The van der Waals surface area contributed by atoms with E-state index in [0.717, 1.165) is 36.6 Å². The molecule has 0 aromatic heterocycles. The van der Waals surface area contributed by atoms with Gasteiger partial charge in [-0.2, -0.15) is 0 Å². The van der Waals surface area contributed by atoms with Crippen molar-refractivity contribution in [2.45, 2.75) is 45.9 Å². The van der Waals surface area contributed by atoms with E-state index in [1.807, 2.05) is 31.2 Å². The summed E-state index contributed by atoms with van der Waals surface area (Å²) in [6, 6.07) is 16.2. The number of carbonyl (C=O) groups is 1. The number of guanidine groups is 1. The topological polar surface area (TPSA) is 74.8 Å². The molecule has 1 unspecified atom stereocenters. The molecule has 0 saturated carbocycles. The maximum absolute atomic E-state index is 12.2. The van der Waals surface area contributed by atoms with Crippen LogP contribution in [0.3, 0.4) is 0 Å². The van der Waals surface area contributed by atoms with E-state index in [1.165, 1.54) is 11.1 Å². The van der Waals surface area contributed by atoms with Crippen molar-refractivity contribution in [2.24, 2.45) is 4.99 Å². The fourth-order valence-electron chi connectivity index (χ4n) is 3.27. The molecule has 0 aliphatic carbocycles. The average molecular weight is 522 g/mol.